The fraction of sp³-hybridized carbons (Fsp3) is 0.471. The van der Waals surface area contributed by atoms with Gasteiger partial charge in [-0.3, -0.25) is 0 Å². The van der Waals surface area contributed by atoms with Gasteiger partial charge in [0.1, 0.15) is 0 Å². The van der Waals surface area contributed by atoms with Crippen molar-refractivity contribution in [3.63, 3.8) is 0 Å². The van der Waals surface area contributed by atoms with E-state index in [1.54, 1.807) is 0 Å². The Bertz CT molecular complexity index is 526. The van der Waals surface area contributed by atoms with E-state index in [9.17, 15) is 0 Å². The molecule has 20 heavy (non-hydrogen) atoms. The topological polar surface area (TPSA) is 29.9 Å². The van der Waals surface area contributed by atoms with Crippen molar-refractivity contribution in [1.82, 2.24) is 15.1 Å². The van der Waals surface area contributed by atoms with Crippen LogP contribution >= 0.6 is 0 Å². The Morgan fingerprint density at radius 3 is 2.65 bits per heavy atom. The molecule has 1 aromatic heterocycles. The highest BCUT2D eigenvalue weighted by Crippen LogP contribution is 2.32. The van der Waals surface area contributed by atoms with Gasteiger partial charge in [0.05, 0.1) is 17.4 Å². The van der Waals surface area contributed by atoms with Crippen LogP contribution in [0.15, 0.2) is 42.6 Å². The van der Waals surface area contributed by atoms with E-state index in [0.717, 1.165) is 17.3 Å². The normalized spacial score (nSPS) is 17.4. The molecule has 0 spiro atoms. The number of aromatic nitrogens is 2. The van der Waals surface area contributed by atoms with Gasteiger partial charge in [0.15, 0.2) is 0 Å². The SMILES string of the molecule is CNC(CC1CCCC1)c1ccn(-c2ccccc2)n1. The minimum Gasteiger partial charge on any atom is -0.312 e. The van der Waals surface area contributed by atoms with E-state index in [1.165, 1.54) is 32.1 Å². The van der Waals surface area contributed by atoms with Gasteiger partial charge in [-0.05, 0) is 37.6 Å². The van der Waals surface area contributed by atoms with E-state index in [1.807, 2.05) is 29.9 Å². The number of nitrogens with zero attached hydrogens (tertiary/aromatic N) is 2. The number of para-hydroxylation sites is 1. The van der Waals surface area contributed by atoms with Crippen molar-refractivity contribution >= 4 is 0 Å². The lowest BCUT2D eigenvalue weighted by Gasteiger charge is -2.18. The second-order valence-electron chi connectivity index (χ2n) is 5.75. The predicted octanol–water partition coefficient (Wildman–Crippen LogP) is 3.71. The third-order valence-corrected chi connectivity index (χ3v) is 4.38. The number of hydrogen-bond donors (Lipinski definition) is 1. The summed E-state index contributed by atoms with van der Waals surface area (Å²) in [7, 11) is 2.04. The molecule has 0 aliphatic heterocycles. The van der Waals surface area contributed by atoms with Gasteiger partial charge < -0.3 is 5.32 Å². The van der Waals surface area contributed by atoms with Gasteiger partial charge in [-0.25, -0.2) is 4.68 Å². The van der Waals surface area contributed by atoms with Crippen LogP contribution in [0.2, 0.25) is 0 Å². The molecular formula is C17H23N3. The molecule has 1 saturated carbocycles. The molecule has 1 heterocycles. The summed E-state index contributed by atoms with van der Waals surface area (Å²) < 4.78 is 1.97. The molecule has 1 unspecified atom stereocenters. The van der Waals surface area contributed by atoms with Gasteiger partial charge in [-0.15, -0.1) is 0 Å². The summed E-state index contributed by atoms with van der Waals surface area (Å²) in [6.07, 6.45) is 8.85. The number of benzene rings is 1. The average Bonchev–Trinajstić information content (AvgIpc) is 3.17. The van der Waals surface area contributed by atoms with Gasteiger partial charge in [-0.1, -0.05) is 43.9 Å². The first-order valence-electron chi connectivity index (χ1n) is 7.65. The summed E-state index contributed by atoms with van der Waals surface area (Å²) in [4.78, 5) is 0. The van der Waals surface area contributed by atoms with E-state index < -0.39 is 0 Å². The minimum atomic E-state index is 0.378. The Labute approximate surface area is 121 Å². The molecule has 0 bridgehead atoms. The van der Waals surface area contributed by atoms with Crippen LogP contribution in [-0.4, -0.2) is 16.8 Å². The zero-order valence-electron chi connectivity index (χ0n) is 12.1. The lowest BCUT2D eigenvalue weighted by molar-refractivity contribution is 0.406. The number of rotatable bonds is 5. The third kappa shape index (κ3) is 2.93. The monoisotopic (exact) mass is 269 g/mol. The van der Waals surface area contributed by atoms with Gasteiger partial charge in [0.2, 0.25) is 0 Å². The Morgan fingerprint density at radius 1 is 1.20 bits per heavy atom. The fourth-order valence-corrected chi connectivity index (χ4v) is 3.21. The van der Waals surface area contributed by atoms with Crippen molar-refractivity contribution in [3.8, 4) is 5.69 Å². The van der Waals surface area contributed by atoms with Gasteiger partial charge in [0.25, 0.3) is 0 Å². The van der Waals surface area contributed by atoms with Crippen molar-refractivity contribution in [2.24, 2.45) is 5.92 Å². The van der Waals surface area contributed by atoms with Crippen LogP contribution in [-0.2, 0) is 0 Å². The molecule has 1 aromatic carbocycles. The van der Waals surface area contributed by atoms with Crippen molar-refractivity contribution < 1.29 is 0 Å². The first-order chi connectivity index (χ1) is 9.86. The van der Waals surface area contributed by atoms with E-state index in [0.29, 0.717) is 6.04 Å². The Balaban J connectivity index is 1.74. The Morgan fingerprint density at radius 2 is 1.95 bits per heavy atom. The van der Waals surface area contributed by atoms with Crippen LogP contribution < -0.4 is 5.32 Å². The van der Waals surface area contributed by atoms with Crippen LogP contribution in [0.3, 0.4) is 0 Å². The maximum atomic E-state index is 4.75. The van der Waals surface area contributed by atoms with Crippen LogP contribution in [0.5, 0.6) is 0 Å². The predicted molar refractivity (Wildman–Crippen MR) is 81.9 cm³/mol. The van der Waals surface area contributed by atoms with Crippen LogP contribution in [0.4, 0.5) is 0 Å². The van der Waals surface area contributed by atoms with Gasteiger partial charge in [0, 0.05) is 6.20 Å². The van der Waals surface area contributed by atoms with E-state index in [-0.39, 0.29) is 0 Å². The standard InChI is InChI=1S/C17H23N3/c1-18-17(13-14-7-5-6-8-14)16-11-12-20(19-16)15-9-3-2-4-10-15/h2-4,9-12,14,17-18H,5-8,13H2,1H3. The first kappa shape index (κ1) is 13.4. The molecule has 1 atom stereocenters. The molecule has 1 aliphatic carbocycles. The molecule has 0 radical (unpaired) electrons. The maximum Gasteiger partial charge on any atom is 0.0798 e. The highest BCUT2D eigenvalue weighted by molar-refractivity contribution is 5.30. The Hall–Kier alpha value is -1.61. The van der Waals surface area contributed by atoms with Crippen LogP contribution in [0, 0.1) is 5.92 Å². The molecule has 1 aliphatic rings. The quantitative estimate of drug-likeness (QED) is 0.896. The van der Waals surface area contributed by atoms with Crippen molar-refractivity contribution in [3.05, 3.63) is 48.3 Å². The molecule has 0 amide bonds. The van der Waals surface area contributed by atoms with Crippen LogP contribution in [0.25, 0.3) is 5.69 Å². The minimum absolute atomic E-state index is 0.378. The molecule has 3 nitrogen and oxygen atoms in total. The van der Waals surface area contributed by atoms with Gasteiger partial charge in [-0.2, -0.15) is 5.10 Å². The lowest BCUT2D eigenvalue weighted by Crippen LogP contribution is -2.19. The highest BCUT2D eigenvalue weighted by atomic mass is 15.3. The summed E-state index contributed by atoms with van der Waals surface area (Å²) in [5.74, 6) is 0.870. The summed E-state index contributed by atoms with van der Waals surface area (Å²) in [6.45, 7) is 0. The third-order valence-electron chi connectivity index (χ3n) is 4.38. The molecule has 1 N–H and O–H groups in total. The largest absolute Gasteiger partial charge is 0.312 e. The molecule has 2 aromatic rings. The van der Waals surface area contributed by atoms with E-state index in [2.05, 4.69) is 29.7 Å². The first-order valence-corrected chi connectivity index (χ1v) is 7.65. The number of hydrogen-bond acceptors (Lipinski definition) is 2. The van der Waals surface area contributed by atoms with E-state index >= 15 is 0 Å². The van der Waals surface area contributed by atoms with Crippen molar-refractivity contribution in [1.29, 1.82) is 0 Å². The fourth-order valence-electron chi connectivity index (χ4n) is 3.21. The zero-order chi connectivity index (χ0) is 13.8. The second kappa shape index (κ2) is 6.23. The molecular weight excluding hydrogens is 246 g/mol. The Kier molecular flexibility index (Phi) is 4.16. The molecule has 106 valence electrons. The lowest BCUT2D eigenvalue weighted by atomic mass is 9.97. The van der Waals surface area contributed by atoms with Crippen molar-refractivity contribution in [2.75, 3.05) is 7.05 Å². The summed E-state index contributed by atoms with van der Waals surface area (Å²) in [6, 6.07) is 12.8. The van der Waals surface area contributed by atoms with E-state index in [4.69, 9.17) is 5.10 Å². The summed E-state index contributed by atoms with van der Waals surface area (Å²) in [5.41, 5.74) is 2.28. The smallest absolute Gasteiger partial charge is 0.0798 e. The zero-order valence-corrected chi connectivity index (χ0v) is 12.1. The summed E-state index contributed by atoms with van der Waals surface area (Å²) >= 11 is 0. The van der Waals surface area contributed by atoms with Gasteiger partial charge >= 0.3 is 0 Å². The highest BCUT2D eigenvalue weighted by Gasteiger charge is 2.21. The summed E-state index contributed by atoms with van der Waals surface area (Å²) in [5, 5.41) is 8.18. The average molecular weight is 269 g/mol. The molecule has 3 heteroatoms. The maximum absolute atomic E-state index is 4.75. The van der Waals surface area contributed by atoms with Crippen LogP contribution in [0.1, 0.15) is 43.8 Å². The van der Waals surface area contributed by atoms with Crippen molar-refractivity contribution in [2.45, 2.75) is 38.1 Å². The molecule has 1 fully saturated rings. The second-order valence-corrected chi connectivity index (χ2v) is 5.75. The number of nitrogens with one attached hydrogen (secondary N) is 1. The molecule has 3 rings (SSSR count). The molecule has 0 saturated heterocycles.